The van der Waals surface area contributed by atoms with E-state index < -0.39 is 6.09 Å². The number of phenolic OH excluding ortho intramolecular Hbond substituents is 1. The maximum absolute atomic E-state index is 10.9. The molecule has 1 aromatic rings. The topological polar surface area (TPSA) is 58.6 Å². The van der Waals surface area contributed by atoms with Crippen molar-refractivity contribution in [2.75, 3.05) is 6.61 Å². The molecule has 0 radical (unpaired) electrons. The van der Waals surface area contributed by atoms with Crippen molar-refractivity contribution < 1.29 is 14.6 Å². The first-order valence-corrected chi connectivity index (χ1v) is 6.35. The minimum Gasteiger partial charge on any atom is -0.506 e. The molecule has 88 valence electrons. The van der Waals surface area contributed by atoms with Crippen LogP contribution in [-0.4, -0.2) is 17.8 Å². The Morgan fingerprint density at radius 1 is 1.44 bits per heavy atom. The molecule has 2 rings (SSSR count). The molecule has 1 amide bonds. The molecule has 1 atom stereocenters. The highest BCUT2D eigenvalue weighted by Gasteiger charge is 2.27. The SMILES string of the molecule is Cl.O=C1N[C@@H](c2cc(I)cc(I)c2O)CO1. The zero-order valence-corrected chi connectivity index (χ0v) is 13.0. The molecule has 0 spiro atoms. The smallest absolute Gasteiger partial charge is 0.407 e. The monoisotopic (exact) mass is 467 g/mol. The lowest BCUT2D eigenvalue weighted by molar-refractivity contribution is 0.177. The number of hydrogen-bond donors (Lipinski definition) is 2. The van der Waals surface area contributed by atoms with E-state index in [2.05, 4.69) is 50.5 Å². The Kier molecular flexibility index (Phi) is 4.92. The highest BCUT2D eigenvalue weighted by atomic mass is 127. The van der Waals surface area contributed by atoms with Crippen molar-refractivity contribution in [2.45, 2.75) is 6.04 Å². The van der Waals surface area contributed by atoms with Gasteiger partial charge in [0.05, 0.1) is 9.61 Å². The van der Waals surface area contributed by atoms with E-state index in [1.165, 1.54) is 0 Å². The van der Waals surface area contributed by atoms with E-state index in [1.54, 1.807) is 0 Å². The standard InChI is InChI=1S/C9H7I2NO3.ClH/c10-4-1-5(8(13)6(11)2-4)7-3-15-9(14)12-7;/h1-2,7,13H,3H2,(H,12,14);1H/t7-;/m1./s1. The first-order valence-electron chi connectivity index (χ1n) is 4.19. The molecule has 1 fully saturated rings. The van der Waals surface area contributed by atoms with Crippen LogP contribution in [0.4, 0.5) is 4.79 Å². The molecule has 0 saturated carbocycles. The first-order chi connectivity index (χ1) is 7.08. The van der Waals surface area contributed by atoms with Gasteiger partial charge in [-0.3, -0.25) is 0 Å². The molecule has 7 heteroatoms. The fourth-order valence-electron chi connectivity index (χ4n) is 1.40. The van der Waals surface area contributed by atoms with Crippen LogP contribution in [0.2, 0.25) is 0 Å². The third-order valence-electron chi connectivity index (χ3n) is 2.11. The van der Waals surface area contributed by atoms with Crippen LogP contribution in [0.15, 0.2) is 12.1 Å². The van der Waals surface area contributed by atoms with Gasteiger partial charge in [0, 0.05) is 9.13 Å². The number of aromatic hydroxyl groups is 1. The van der Waals surface area contributed by atoms with Crippen LogP contribution < -0.4 is 5.32 Å². The second-order valence-corrected chi connectivity index (χ2v) is 5.53. The Morgan fingerprint density at radius 2 is 2.12 bits per heavy atom. The molecule has 4 nitrogen and oxygen atoms in total. The van der Waals surface area contributed by atoms with Crippen molar-refractivity contribution in [1.82, 2.24) is 5.32 Å². The number of carbonyl (C=O) groups is 1. The molecule has 0 bridgehead atoms. The largest absolute Gasteiger partial charge is 0.506 e. The number of hydrogen-bond acceptors (Lipinski definition) is 3. The van der Waals surface area contributed by atoms with Crippen LogP contribution in [-0.2, 0) is 4.74 Å². The summed E-state index contributed by atoms with van der Waals surface area (Å²) in [6.45, 7) is 0.266. The summed E-state index contributed by atoms with van der Waals surface area (Å²) in [6, 6.07) is 3.47. The second-order valence-electron chi connectivity index (χ2n) is 3.12. The molecule has 2 N–H and O–H groups in total. The van der Waals surface area contributed by atoms with Crippen molar-refractivity contribution in [3.05, 3.63) is 24.8 Å². The highest BCUT2D eigenvalue weighted by Crippen LogP contribution is 2.32. The maximum Gasteiger partial charge on any atom is 0.407 e. The van der Waals surface area contributed by atoms with E-state index in [1.807, 2.05) is 12.1 Å². The molecule has 1 aliphatic heterocycles. The van der Waals surface area contributed by atoms with E-state index >= 15 is 0 Å². The molecule has 16 heavy (non-hydrogen) atoms. The summed E-state index contributed by atoms with van der Waals surface area (Å²) in [4.78, 5) is 10.9. The lowest BCUT2D eigenvalue weighted by Crippen LogP contribution is -2.18. The van der Waals surface area contributed by atoms with E-state index in [0.29, 0.717) is 5.56 Å². The molecule has 1 aromatic carbocycles. The predicted molar refractivity (Wildman–Crippen MR) is 78.0 cm³/mol. The molecule has 1 saturated heterocycles. The van der Waals surface area contributed by atoms with Crippen molar-refractivity contribution in [1.29, 1.82) is 0 Å². The minimum absolute atomic E-state index is 0. The molecular weight excluding hydrogens is 459 g/mol. The normalized spacial score (nSPS) is 18.6. The number of ether oxygens (including phenoxy) is 1. The van der Waals surface area contributed by atoms with E-state index in [-0.39, 0.29) is 30.8 Å². The minimum atomic E-state index is -0.437. The number of benzene rings is 1. The van der Waals surface area contributed by atoms with Gasteiger partial charge in [-0.25, -0.2) is 4.79 Å². The Bertz CT molecular complexity index is 427. The average Bonchev–Trinajstić information content (AvgIpc) is 2.58. The predicted octanol–water partition coefficient (Wildman–Crippen LogP) is 2.80. The van der Waals surface area contributed by atoms with Gasteiger partial charge in [0.1, 0.15) is 12.4 Å². The van der Waals surface area contributed by atoms with Crippen LogP contribution in [0.3, 0.4) is 0 Å². The van der Waals surface area contributed by atoms with Crippen molar-refractivity contribution >= 4 is 63.7 Å². The van der Waals surface area contributed by atoms with Crippen LogP contribution in [0.1, 0.15) is 11.6 Å². The van der Waals surface area contributed by atoms with Gasteiger partial charge in [-0.2, -0.15) is 0 Å². The number of nitrogens with one attached hydrogen (secondary N) is 1. The fourth-order valence-corrected chi connectivity index (χ4v) is 3.29. The zero-order valence-electron chi connectivity index (χ0n) is 7.87. The third-order valence-corrected chi connectivity index (χ3v) is 3.55. The summed E-state index contributed by atoms with van der Waals surface area (Å²) in [5.74, 6) is 0.215. The van der Waals surface area contributed by atoms with Gasteiger partial charge < -0.3 is 15.2 Å². The van der Waals surface area contributed by atoms with E-state index in [9.17, 15) is 9.90 Å². The van der Waals surface area contributed by atoms with Crippen molar-refractivity contribution in [3.63, 3.8) is 0 Å². The number of amides is 1. The van der Waals surface area contributed by atoms with E-state index in [4.69, 9.17) is 4.74 Å². The molecular formula is C9H8ClI2NO3. The fraction of sp³-hybridized carbons (Fsp3) is 0.222. The van der Waals surface area contributed by atoms with E-state index in [0.717, 1.165) is 7.14 Å². The summed E-state index contributed by atoms with van der Waals surface area (Å²) < 4.78 is 6.58. The Morgan fingerprint density at radius 3 is 2.69 bits per heavy atom. The first kappa shape index (κ1) is 14.1. The van der Waals surface area contributed by atoms with Gasteiger partial charge in [0.2, 0.25) is 0 Å². The lowest BCUT2D eigenvalue weighted by Gasteiger charge is -2.11. The molecule has 0 aliphatic carbocycles. The van der Waals surface area contributed by atoms with Gasteiger partial charge in [-0.1, -0.05) is 0 Å². The number of cyclic esters (lactones) is 1. The quantitative estimate of drug-likeness (QED) is 0.625. The van der Waals surface area contributed by atoms with Gasteiger partial charge in [0.15, 0.2) is 0 Å². The summed E-state index contributed by atoms with van der Waals surface area (Å²) in [7, 11) is 0. The molecule has 0 aromatic heterocycles. The maximum atomic E-state index is 10.9. The Balaban J connectivity index is 0.00000128. The second kappa shape index (κ2) is 5.58. The van der Waals surface area contributed by atoms with Gasteiger partial charge in [0.25, 0.3) is 0 Å². The number of carbonyl (C=O) groups excluding carboxylic acids is 1. The summed E-state index contributed by atoms with van der Waals surface area (Å²) >= 11 is 4.23. The van der Waals surface area contributed by atoms with Gasteiger partial charge in [-0.15, -0.1) is 12.4 Å². The third kappa shape index (κ3) is 2.83. The number of rotatable bonds is 1. The Hall–Kier alpha value is 0.0400. The molecule has 1 aliphatic rings. The van der Waals surface area contributed by atoms with Crippen molar-refractivity contribution in [3.8, 4) is 5.75 Å². The highest BCUT2D eigenvalue weighted by molar-refractivity contribution is 14.1. The number of phenols is 1. The number of alkyl carbamates (subject to hydrolysis) is 1. The zero-order chi connectivity index (χ0) is 11.0. The van der Waals surface area contributed by atoms with Gasteiger partial charge >= 0.3 is 6.09 Å². The molecule has 0 unspecified atom stereocenters. The van der Waals surface area contributed by atoms with Gasteiger partial charge in [-0.05, 0) is 57.3 Å². The van der Waals surface area contributed by atoms with Crippen LogP contribution in [0.5, 0.6) is 5.75 Å². The summed E-state index contributed by atoms with van der Waals surface area (Å²) in [6.07, 6.45) is -0.437. The lowest BCUT2D eigenvalue weighted by atomic mass is 10.1. The summed E-state index contributed by atoms with van der Waals surface area (Å²) in [5.41, 5.74) is 0.706. The summed E-state index contributed by atoms with van der Waals surface area (Å²) in [5, 5.41) is 12.5. The van der Waals surface area contributed by atoms with Crippen LogP contribution in [0.25, 0.3) is 0 Å². The van der Waals surface area contributed by atoms with Crippen LogP contribution in [0, 0.1) is 7.14 Å². The number of halogens is 3. The Labute approximate surface area is 126 Å². The average molecular weight is 467 g/mol. The van der Waals surface area contributed by atoms with Crippen molar-refractivity contribution in [2.24, 2.45) is 0 Å². The van der Waals surface area contributed by atoms with Crippen LogP contribution >= 0.6 is 57.6 Å². The molecule has 1 heterocycles.